The van der Waals surface area contributed by atoms with Gasteiger partial charge in [-0.1, -0.05) is 58.0 Å². The Bertz CT molecular complexity index is 664. The Balaban J connectivity index is 2.26. The Labute approximate surface area is 145 Å². The molecule has 0 saturated heterocycles. The molecule has 0 amide bonds. The first-order chi connectivity index (χ1) is 10.9. The molecule has 2 nitrogen and oxygen atoms in total. The van der Waals surface area contributed by atoms with E-state index < -0.39 is 0 Å². The van der Waals surface area contributed by atoms with E-state index in [2.05, 4.69) is 75.6 Å². The van der Waals surface area contributed by atoms with Crippen molar-refractivity contribution in [3.8, 4) is 0 Å². The summed E-state index contributed by atoms with van der Waals surface area (Å²) in [4.78, 5) is 0. The van der Waals surface area contributed by atoms with Crippen LogP contribution in [-0.4, -0.2) is 5.11 Å². The van der Waals surface area contributed by atoms with Gasteiger partial charge in [0, 0.05) is 11.4 Å². The van der Waals surface area contributed by atoms with Crippen molar-refractivity contribution < 1.29 is 0 Å². The molecule has 0 aliphatic carbocycles. The molecule has 2 N–H and O–H groups in total. The van der Waals surface area contributed by atoms with Gasteiger partial charge < -0.3 is 10.6 Å². The number of hydrogen-bond acceptors (Lipinski definition) is 1. The van der Waals surface area contributed by atoms with E-state index in [4.69, 9.17) is 12.2 Å². The summed E-state index contributed by atoms with van der Waals surface area (Å²) < 4.78 is 0. The zero-order valence-electron chi connectivity index (χ0n) is 14.6. The SMILES string of the molecule is Cc1cccc(NC(=S)Nc2c(C(C)C)cccc2C(C)C)c1. The smallest absolute Gasteiger partial charge is 0.175 e. The standard InChI is InChI=1S/C20H26N2S/c1-13(2)17-10-7-11-18(14(3)4)19(17)22-20(23)21-16-9-6-8-15(5)12-16/h6-14H,1-5H3,(H2,21,22,23). The molecule has 0 bridgehead atoms. The molecule has 0 aliphatic heterocycles. The summed E-state index contributed by atoms with van der Waals surface area (Å²) in [6.45, 7) is 10.9. The summed E-state index contributed by atoms with van der Waals surface area (Å²) in [6, 6.07) is 14.7. The molecule has 0 aromatic heterocycles. The molecule has 0 heterocycles. The largest absolute Gasteiger partial charge is 0.332 e. The Morgan fingerprint density at radius 3 is 1.96 bits per heavy atom. The van der Waals surface area contributed by atoms with E-state index in [-0.39, 0.29) is 0 Å². The Kier molecular flexibility index (Phi) is 5.78. The Morgan fingerprint density at radius 1 is 0.870 bits per heavy atom. The molecule has 0 unspecified atom stereocenters. The monoisotopic (exact) mass is 326 g/mol. The van der Waals surface area contributed by atoms with Gasteiger partial charge in [-0.2, -0.15) is 0 Å². The number of para-hydroxylation sites is 1. The summed E-state index contributed by atoms with van der Waals surface area (Å²) in [6.07, 6.45) is 0. The quantitative estimate of drug-likeness (QED) is 0.669. The van der Waals surface area contributed by atoms with Crippen molar-refractivity contribution in [3.05, 3.63) is 59.2 Å². The fourth-order valence-corrected chi connectivity index (χ4v) is 2.91. The third-order valence-electron chi connectivity index (χ3n) is 3.89. The lowest BCUT2D eigenvalue weighted by molar-refractivity contribution is 0.839. The number of anilines is 2. The molecule has 0 radical (unpaired) electrons. The minimum Gasteiger partial charge on any atom is -0.332 e. The van der Waals surface area contributed by atoms with E-state index in [1.54, 1.807) is 0 Å². The number of aryl methyl sites for hydroxylation is 1. The van der Waals surface area contributed by atoms with Crippen LogP contribution in [0.2, 0.25) is 0 Å². The summed E-state index contributed by atoms with van der Waals surface area (Å²) in [5, 5.41) is 7.34. The fourth-order valence-electron chi connectivity index (χ4n) is 2.69. The Morgan fingerprint density at radius 2 is 1.43 bits per heavy atom. The van der Waals surface area contributed by atoms with Gasteiger partial charge in [-0.15, -0.1) is 0 Å². The van der Waals surface area contributed by atoms with Gasteiger partial charge in [0.15, 0.2) is 5.11 Å². The van der Waals surface area contributed by atoms with Gasteiger partial charge in [-0.3, -0.25) is 0 Å². The number of benzene rings is 2. The van der Waals surface area contributed by atoms with E-state index >= 15 is 0 Å². The Hall–Kier alpha value is -1.87. The average molecular weight is 327 g/mol. The molecular formula is C20H26N2S. The first-order valence-corrected chi connectivity index (χ1v) is 8.56. The molecule has 3 heteroatoms. The first kappa shape index (κ1) is 17.5. The van der Waals surface area contributed by atoms with Crippen LogP contribution in [0.5, 0.6) is 0 Å². The molecule has 23 heavy (non-hydrogen) atoms. The van der Waals surface area contributed by atoms with Crippen LogP contribution in [0.4, 0.5) is 11.4 Å². The third-order valence-corrected chi connectivity index (χ3v) is 4.09. The topological polar surface area (TPSA) is 24.1 Å². The third kappa shape index (κ3) is 4.55. The van der Waals surface area contributed by atoms with Crippen molar-refractivity contribution in [3.63, 3.8) is 0 Å². The molecule has 0 spiro atoms. The molecule has 122 valence electrons. The second-order valence-electron chi connectivity index (χ2n) is 6.57. The van der Waals surface area contributed by atoms with Crippen LogP contribution in [0.15, 0.2) is 42.5 Å². The van der Waals surface area contributed by atoms with Crippen LogP contribution < -0.4 is 10.6 Å². The van der Waals surface area contributed by atoms with Crippen LogP contribution in [0.25, 0.3) is 0 Å². The van der Waals surface area contributed by atoms with Crippen LogP contribution in [0.1, 0.15) is 56.2 Å². The maximum Gasteiger partial charge on any atom is 0.175 e. The van der Waals surface area contributed by atoms with Crippen molar-refractivity contribution in [2.45, 2.75) is 46.5 Å². The second-order valence-corrected chi connectivity index (χ2v) is 6.98. The molecule has 0 saturated carbocycles. The molecular weight excluding hydrogens is 300 g/mol. The predicted molar refractivity (Wildman–Crippen MR) is 106 cm³/mol. The summed E-state index contributed by atoms with van der Waals surface area (Å²) in [5.41, 5.74) is 5.95. The molecule has 0 fully saturated rings. The highest BCUT2D eigenvalue weighted by atomic mass is 32.1. The van der Waals surface area contributed by atoms with Gasteiger partial charge in [-0.25, -0.2) is 0 Å². The number of nitrogens with one attached hydrogen (secondary N) is 2. The zero-order valence-corrected chi connectivity index (χ0v) is 15.4. The van der Waals surface area contributed by atoms with E-state index in [9.17, 15) is 0 Å². The summed E-state index contributed by atoms with van der Waals surface area (Å²) in [5.74, 6) is 0.885. The average Bonchev–Trinajstić information content (AvgIpc) is 2.46. The minimum absolute atomic E-state index is 0.443. The summed E-state index contributed by atoms with van der Waals surface area (Å²) >= 11 is 5.53. The van der Waals surface area contributed by atoms with Gasteiger partial charge in [0.05, 0.1) is 0 Å². The number of hydrogen-bond donors (Lipinski definition) is 2. The van der Waals surface area contributed by atoms with Gasteiger partial charge in [0.1, 0.15) is 0 Å². The normalized spacial score (nSPS) is 10.9. The van der Waals surface area contributed by atoms with Gasteiger partial charge in [-0.05, 0) is 59.8 Å². The van der Waals surface area contributed by atoms with Crippen LogP contribution >= 0.6 is 12.2 Å². The molecule has 2 rings (SSSR count). The lowest BCUT2D eigenvalue weighted by Gasteiger charge is -2.21. The maximum atomic E-state index is 5.53. The predicted octanol–water partition coefficient (Wildman–Crippen LogP) is 6.05. The highest BCUT2D eigenvalue weighted by Crippen LogP contribution is 2.32. The van der Waals surface area contributed by atoms with E-state index in [0.717, 1.165) is 11.4 Å². The van der Waals surface area contributed by atoms with Crippen LogP contribution in [0.3, 0.4) is 0 Å². The minimum atomic E-state index is 0.443. The van der Waals surface area contributed by atoms with E-state index in [0.29, 0.717) is 16.9 Å². The van der Waals surface area contributed by atoms with E-state index in [1.165, 1.54) is 16.7 Å². The lowest BCUT2D eigenvalue weighted by atomic mass is 9.93. The van der Waals surface area contributed by atoms with Crippen molar-refractivity contribution in [1.82, 2.24) is 0 Å². The van der Waals surface area contributed by atoms with Crippen molar-refractivity contribution in [2.24, 2.45) is 0 Å². The van der Waals surface area contributed by atoms with Gasteiger partial charge >= 0.3 is 0 Å². The van der Waals surface area contributed by atoms with Gasteiger partial charge in [0.25, 0.3) is 0 Å². The molecule has 2 aromatic rings. The lowest BCUT2D eigenvalue weighted by Crippen LogP contribution is -2.21. The molecule has 2 aromatic carbocycles. The maximum absolute atomic E-state index is 5.53. The summed E-state index contributed by atoms with van der Waals surface area (Å²) in [7, 11) is 0. The fraction of sp³-hybridized carbons (Fsp3) is 0.350. The first-order valence-electron chi connectivity index (χ1n) is 8.16. The second kappa shape index (κ2) is 7.60. The molecule has 0 atom stereocenters. The highest BCUT2D eigenvalue weighted by molar-refractivity contribution is 7.80. The van der Waals surface area contributed by atoms with Crippen molar-refractivity contribution >= 4 is 28.7 Å². The number of thiocarbonyl (C=S) groups is 1. The van der Waals surface area contributed by atoms with Gasteiger partial charge in [0.2, 0.25) is 0 Å². The molecule has 0 aliphatic rings. The van der Waals surface area contributed by atoms with Crippen molar-refractivity contribution in [2.75, 3.05) is 10.6 Å². The van der Waals surface area contributed by atoms with E-state index in [1.807, 2.05) is 12.1 Å². The highest BCUT2D eigenvalue weighted by Gasteiger charge is 2.14. The van der Waals surface area contributed by atoms with Crippen LogP contribution in [0, 0.1) is 6.92 Å². The van der Waals surface area contributed by atoms with Crippen LogP contribution in [-0.2, 0) is 0 Å². The van der Waals surface area contributed by atoms with Crippen molar-refractivity contribution in [1.29, 1.82) is 0 Å². The number of rotatable bonds is 4. The zero-order chi connectivity index (χ0) is 17.0.